The number of carbonyl (C=O) groups is 2. The highest BCUT2D eigenvalue weighted by atomic mass is 16.5. The summed E-state index contributed by atoms with van der Waals surface area (Å²) in [4.78, 5) is 28.9. The monoisotopic (exact) mass is 471 g/mol. The second-order valence-electron chi connectivity index (χ2n) is 9.42. The first kappa shape index (κ1) is 22.8. The van der Waals surface area contributed by atoms with Crippen LogP contribution in [0, 0.1) is 26.7 Å². The van der Waals surface area contributed by atoms with Crippen LogP contribution in [0.4, 0.5) is 16.2 Å². The van der Waals surface area contributed by atoms with Gasteiger partial charge in [-0.15, -0.1) is 0 Å². The number of benzene rings is 3. The fourth-order valence-corrected chi connectivity index (χ4v) is 5.18. The van der Waals surface area contributed by atoms with E-state index in [1.165, 1.54) is 4.90 Å². The van der Waals surface area contributed by atoms with Crippen molar-refractivity contribution in [3.8, 4) is 11.5 Å². The van der Waals surface area contributed by atoms with Crippen LogP contribution in [0.15, 0.2) is 60.7 Å². The molecule has 2 N–H and O–H groups in total. The van der Waals surface area contributed by atoms with Gasteiger partial charge < -0.3 is 20.1 Å². The van der Waals surface area contributed by atoms with E-state index in [9.17, 15) is 9.59 Å². The molecule has 0 spiro atoms. The highest BCUT2D eigenvalue weighted by Crippen LogP contribution is 2.52. The van der Waals surface area contributed by atoms with Gasteiger partial charge in [-0.3, -0.25) is 9.69 Å². The number of anilines is 2. The molecule has 0 unspecified atom stereocenters. The number of rotatable bonds is 4. The van der Waals surface area contributed by atoms with E-state index < -0.39 is 17.7 Å². The predicted molar refractivity (Wildman–Crippen MR) is 135 cm³/mol. The van der Waals surface area contributed by atoms with Crippen molar-refractivity contribution in [3.05, 3.63) is 82.9 Å². The van der Waals surface area contributed by atoms with Crippen molar-refractivity contribution >= 4 is 23.3 Å². The minimum absolute atomic E-state index is 0.241. The van der Waals surface area contributed by atoms with Gasteiger partial charge in [-0.25, -0.2) is 4.79 Å². The zero-order valence-corrected chi connectivity index (χ0v) is 20.5. The summed E-state index contributed by atoms with van der Waals surface area (Å²) in [7, 11) is 1.58. The van der Waals surface area contributed by atoms with Gasteiger partial charge in [0.25, 0.3) is 0 Å². The summed E-state index contributed by atoms with van der Waals surface area (Å²) in [6.07, 6.45) is 0. The second-order valence-corrected chi connectivity index (χ2v) is 9.42. The first-order valence-corrected chi connectivity index (χ1v) is 11.6. The minimum atomic E-state index is -1.31. The van der Waals surface area contributed by atoms with Crippen molar-refractivity contribution in [2.24, 2.45) is 5.92 Å². The summed E-state index contributed by atoms with van der Waals surface area (Å²) < 4.78 is 12.1. The van der Waals surface area contributed by atoms with Crippen molar-refractivity contribution in [2.45, 2.75) is 39.5 Å². The van der Waals surface area contributed by atoms with Crippen LogP contribution in [0.5, 0.6) is 11.5 Å². The van der Waals surface area contributed by atoms with Crippen molar-refractivity contribution in [2.75, 3.05) is 17.3 Å². The van der Waals surface area contributed by atoms with Crippen molar-refractivity contribution < 1.29 is 19.1 Å². The molecule has 2 aliphatic rings. The van der Waals surface area contributed by atoms with E-state index in [4.69, 9.17) is 9.47 Å². The van der Waals surface area contributed by atoms with Crippen molar-refractivity contribution in [3.63, 3.8) is 0 Å². The largest absolute Gasteiger partial charge is 0.493 e. The smallest absolute Gasteiger partial charge is 0.325 e. The summed E-state index contributed by atoms with van der Waals surface area (Å²) >= 11 is 0. The number of hydrogen-bond donors (Lipinski definition) is 2. The Morgan fingerprint density at radius 2 is 1.77 bits per heavy atom. The van der Waals surface area contributed by atoms with E-state index in [2.05, 4.69) is 10.6 Å². The number of para-hydroxylation sites is 1. The minimum Gasteiger partial charge on any atom is -0.493 e. The van der Waals surface area contributed by atoms with E-state index in [0.717, 1.165) is 22.4 Å². The SMILES string of the molecule is COc1cccc2c1O[C@]1(C)[C@@H](C(=O)Nc3ccc(C)cc3C)[C@@H]2NC(=O)N1c1ccc(C)cc1. The molecule has 3 atom stereocenters. The van der Waals surface area contributed by atoms with Gasteiger partial charge >= 0.3 is 6.03 Å². The molecule has 2 bridgehead atoms. The molecule has 3 amide bonds. The van der Waals surface area contributed by atoms with E-state index in [1.807, 2.05) is 81.4 Å². The van der Waals surface area contributed by atoms with Crippen molar-refractivity contribution in [1.29, 1.82) is 0 Å². The lowest BCUT2D eigenvalue weighted by atomic mass is 9.78. The molecule has 2 heterocycles. The number of methoxy groups -OCH3 is 1. The van der Waals surface area contributed by atoms with Crippen LogP contribution in [0.25, 0.3) is 0 Å². The van der Waals surface area contributed by atoms with Gasteiger partial charge in [-0.05, 0) is 57.5 Å². The molecule has 2 aliphatic heterocycles. The Hall–Kier alpha value is -4.00. The van der Waals surface area contributed by atoms with E-state index in [0.29, 0.717) is 22.7 Å². The standard InChI is InChI=1S/C28H29N3O4/c1-16-9-12-19(13-10-16)31-27(33)30-24-20-7-6-8-22(34-5)25(20)35-28(31,4)23(24)26(32)29-21-14-11-17(2)15-18(21)3/h6-15,23-24H,1-5H3,(H,29,32)(H,30,33)/t23-,24-,28-/m1/s1. The summed E-state index contributed by atoms with van der Waals surface area (Å²) in [5.41, 5.74) is 3.90. The lowest BCUT2D eigenvalue weighted by Crippen LogP contribution is -2.72. The topological polar surface area (TPSA) is 79.9 Å². The number of amides is 3. The number of urea groups is 1. The Morgan fingerprint density at radius 1 is 1.06 bits per heavy atom. The van der Waals surface area contributed by atoms with Crippen LogP contribution in [0.2, 0.25) is 0 Å². The number of aryl methyl sites for hydroxylation is 3. The van der Waals surface area contributed by atoms with Gasteiger partial charge in [0.15, 0.2) is 11.5 Å². The number of nitrogens with one attached hydrogen (secondary N) is 2. The molecule has 0 aliphatic carbocycles. The number of nitrogens with zero attached hydrogens (tertiary/aromatic N) is 1. The Balaban J connectivity index is 1.64. The molecule has 180 valence electrons. The van der Waals surface area contributed by atoms with Crippen LogP contribution < -0.4 is 25.0 Å². The Labute approximate surface area is 205 Å². The molecule has 5 rings (SSSR count). The summed E-state index contributed by atoms with van der Waals surface area (Å²) in [6, 6.07) is 18.1. The molecular formula is C28H29N3O4. The normalized spacial score (nSPS) is 22.5. The quantitative estimate of drug-likeness (QED) is 0.544. The highest BCUT2D eigenvalue weighted by Gasteiger charge is 2.60. The molecule has 1 fully saturated rings. The molecule has 0 saturated carbocycles. The molecule has 3 aromatic carbocycles. The number of ether oxygens (including phenoxy) is 2. The van der Waals surface area contributed by atoms with Crippen LogP contribution in [-0.4, -0.2) is 24.8 Å². The van der Waals surface area contributed by atoms with Gasteiger partial charge in [0.05, 0.1) is 13.2 Å². The van der Waals surface area contributed by atoms with E-state index in [-0.39, 0.29) is 11.9 Å². The van der Waals surface area contributed by atoms with Gasteiger partial charge in [0.1, 0.15) is 5.92 Å². The highest BCUT2D eigenvalue weighted by molar-refractivity contribution is 6.01. The second kappa shape index (κ2) is 8.34. The average molecular weight is 472 g/mol. The lowest BCUT2D eigenvalue weighted by molar-refractivity contribution is -0.131. The maximum Gasteiger partial charge on any atom is 0.325 e. The molecule has 7 nitrogen and oxygen atoms in total. The molecule has 0 aromatic heterocycles. The molecular weight excluding hydrogens is 442 g/mol. The number of hydrogen-bond acceptors (Lipinski definition) is 4. The summed E-state index contributed by atoms with van der Waals surface area (Å²) in [5, 5.41) is 6.16. The molecule has 7 heteroatoms. The Morgan fingerprint density at radius 3 is 2.46 bits per heavy atom. The predicted octanol–water partition coefficient (Wildman–Crippen LogP) is 5.25. The first-order chi connectivity index (χ1) is 16.7. The van der Waals surface area contributed by atoms with Gasteiger partial charge in [0.2, 0.25) is 11.6 Å². The lowest BCUT2D eigenvalue weighted by Gasteiger charge is -2.54. The van der Waals surface area contributed by atoms with Gasteiger partial charge in [-0.2, -0.15) is 0 Å². The summed E-state index contributed by atoms with van der Waals surface area (Å²) in [6.45, 7) is 7.75. The third kappa shape index (κ3) is 3.67. The maximum absolute atomic E-state index is 13.9. The fourth-order valence-electron chi connectivity index (χ4n) is 5.18. The maximum atomic E-state index is 13.9. The van der Waals surface area contributed by atoms with Crippen LogP contribution in [0.3, 0.4) is 0 Å². The zero-order valence-electron chi connectivity index (χ0n) is 20.5. The first-order valence-electron chi connectivity index (χ1n) is 11.6. The van der Waals surface area contributed by atoms with Gasteiger partial charge in [-0.1, -0.05) is 47.5 Å². The average Bonchev–Trinajstić information content (AvgIpc) is 2.81. The summed E-state index contributed by atoms with van der Waals surface area (Å²) in [5.74, 6) is 0.0824. The van der Waals surface area contributed by atoms with E-state index in [1.54, 1.807) is 14.0 Å². The van der Waals surface area contributed by atoms with Crippen LogP contribution in [0.1, 0.15) is 35.2 Å². The zero-order chi connectivity index (χ0) is 24.9. The number of carbonyl (C=O) groups excluding carboxylic acids is 2. The van der Waals surface area contributed by atoms with E-state index >= 15 is 0 Å². The van der Waals surface area contributed by atoms with Crippen LogP contribution >= 0.6 is 0 Å². The van der Waals surface area contributed by atoms with Gasteiger partial charge in [0, 0.05) is 16.9 Å². The molecule has 3 aromatic rings. The third-order valence-electron chi connectivity index (χ3n) is 6.92. The molecule has 1 saturated heterocycles. The Kier molecular flexibility index (Phi) is 5.43. The molecule has 35 heavy (non-hydrogen) atoms. The fraction of sp³-hybridized carbons (Fsp3) is 0.286. The Bertz CT molecular complexity index is 1320. The van der Waals surface area contributed by atoms with Crippen LogP contribution in [-0.2, 0) is 4.79 Å². The third-order valence-corrected chi connectivity index (χ3v) is 6.92. The molecule has 0 radical (unpaired) electrons. The van der Waals surface area contributed by atoms with Crippen molar-refractivity contribution in [1.82, 2.24) is 5.32 Å². The number of fused-ring (bicyclic) bond motifs is 4.